The van der Waals surface area contributed by atoms with E-state index >= 15 is 0 Å². The first-order valence-corrected chi connectivity index (χ1v) is 8.04. The molecule has 1 aromatic heterocycles. The topological polar surface area (TPSA) is 56.0 Å². The summed E-state index contributed by atoms with van der Waals surface area (Å²) in [5.41, 5.74) is 9.46. The fraction of sp³-hybridized carbons (Fsp3) is 0.118. The average Bonchev–Trinajstić information content (AvgIpc) is 2.50. The van der Waals surface area contributed by atoms with Gasteiger partial charge in [-0.2, -0.15) is 0 Å². The fourth-order valence-electron chi connectivity index (χ4n) is 2.32. The van der Waals surface area contributed by atoms with E-state index in [1.54, 1.807) is 6.20 Å². The summed E-state index contributed by atoms with van der Waals surface area (Å²) in [5.74, 6) is 0.481. The quantitative estimate of drug-likeness (QED) is 0.753. The summed E-state index contributed by atoms with van der Waals surface area (Å²) >= 11 is 0. The van der Waals surface area contributed by atoms with Gasteiger partial charge in [0, 0.05) is 22.2 Å². The van der Waals surface area contributed by atoms with E-state index in [-0.39, 0.29) is 0 Å². The molecule has 1 heterocycles. The summed E-state index contributed by atoms with van der Waals surface area (Å²) in [6.45, 7) is 1.91. The molecule has 0 aliphatic carbocycles. The smallest absolute Gasteiger partial charge is 0.0702 e. The number of aromatic nitrogens is 1. The third-order valence-corrected chi connectivity index (χ3v) is 5.06. The van der Waals surface area contributed by atoms with Crippen molar-refractivity contribution in [1.29, 1.82) is 0 Å². The van der Waals surface area contributed by atoms with Crippen LogP contribution >= 0.6 is 0 Å². The molecular weight excluding hydrogens is 280 g/mol. The van der Waals surface area contributed by atoms with Crippen molar-refractivity contribution >= 4 is 27.4 Å². The number of pyridine rings is 1. The van der Waals surface area contributed by atoms with Crippen LogP contribution in [-0.4, -0.2) is 9.19 Å². The van der Waals surface area contributed by atoms with Gasteiger partial charge in [-0.1, -0.05) is 18.2 Å². The van der Waals surface area contributed by atoms with E-state index in [1.807, 2.05) is 55.5 Å². The molecule has 0 saturated carbocycles. The molecule has 1 unspecified atom stereocenters. The predicted octanol–water partition coefficient (Wildman–Crippen LogP) is 3.43. The van der Waals surface area contributed by atoms with E-state index in [1.165, 1.54) is 0 Å². The van der Waals surface area contributed by atoms with Crippen LogP contribution in [0.1, 0.15) is 11.1 Å². The number of fused-ring (bicyclic) bond motifs is 1. The Hall–Kier alpha value is -2.20. The second kappa shape index (κ2) is 5.66. The third-order valence-electron chi connectivity index (χ3n) is 3.54. The third kappa shape index (κ3) is 2.81. The first kappa shape index (κ1) is 13.8. The van der Waals surface area contributed by atoms with E-state index < -0.39 is 10.8 Å². The van der Waals surface area contributed by atoms with E-state index in [9.17, 15) is 4.21 Å². The number of benzene rings is 2. The minimum atomic E-state index is -1.10. The minimum absolute atomic E-state index is 0.481. The molecule has 106 valence electrons. The average molecular weight is 296 g/mol. The number of anilines is 1. The maximum absolute atomic E-state index is 12.6. The van der Waals surface area contributed by atoms with E-state index in [0.717, 1.165) is 26.9 Å². The van der Waals surface area contributed by atoms with Crippen molar-refractivity contribution in [3.05, 3.63) is 65.9 Å². The van der Waals surface area contributed by atoms with Crippen molar-refractivity contribution in [2.45, 2.75) is 17.6 Å². The standard InChI is InChI=1S/C17H16N2OS/c1-12-15(18)5-2-6-17(12)21(20)11-13-7-8-16-14(10-13)4-3-9-19-16/h2-10H,11,18H2,1H3. The normalized spacial score (nSPS) is 12.4. The Kier molecular flexibility index (Phi) is 3.71. The summed E-state index contributed by atoms with van der Waals surface area (Å²) in [4.78, 5) is 5.10. The summed E-state index contributed by atoms with van der Waals surface area (Å²) in [6.07, 6.45) is 1.77. The fourth-order valence-corrected chi connectivity index (χ4v) is 3.65. The van der Waals surface area contributed by atoms with Gasteiger partial charge in [-0.25, -0.2) is 0 Å². The van der Waals surface area contributed by atoms with Crippen LogP contribution in [0, 0.1) is 6.92 Å². The molecule has 3 rings (SSSR count). The highest BCUT2D eigenvalue weighted by molar-refractivity contribution is 7.84. The molecule has 3 aromatic rings. The maximum atomic E-state index is 12.6. The largest absolute Gasteiger partial charge is 0.398 e. The lowest BCUT2D eigenvalue weighted by molar-refractivity contribution is 0.682. The number of nitrogen functional groups attached to an aromatic ring is 1. The van der Waals surface area contributed by atoms with Crippen LogP contribution in [0.2, 0.25) is 0 Å². The van der Waals surface area contributed by atoms with Gasteiger partial charge >= 0.3 is 0 Å². The van der Waals surface area contributed by atoms with Crippen molar-refractivity contribution in [3.63, 3.8) is 0 Å². The molecule has 4 heteroatoms. The number of hydrogen-bond donors (Lipinski definition) is 1. The van der Waals surface area contributed by atoms with Gasteiger partial charge in [-0.05, 0) is 48.4 Å². The van der Waals surface area contributed by atoms with E-state index in [4.69, 9.17) is 5.73 Å². The van der Waals surface area contributed by atoms with Gasteiger partial charge in [0.05, 0.1) is 22.1 Å². The highest BCUT2D eigenvalue weighted by atomic mass is 32.2. The molecule has 21 heavy (non-hydrogen) atoms. The summed E-state index contributed by atoms with van der Waals surface area (Å²) in [5, 5.41) is 1.07. The van der Waals surface area contributed by atoms with E-state index in [0.29, 0.717) is 11.4 Å². The van der Waals surface area contributed by atoms with Crippen LogP contribution in [0.3, 0.4) is 0 Å². The molecule has 1 atom stereocenters. The SMILES string of the molecule is Cc1c(N)cccc1S(=O)Cc1ccc2ncccc2c1. The molecule has 0 radical (unpaired) electrons. The first-order valence-electron chi connectivity index (χ1n) is 6.72. The summed E-state index contributed by atoms with van der Waals surface area (Å²) in [6, 6.07) is 15.5. The Labute approximate surface area is 126 Å². The Morgan fingerprint density at radius 3 is 2.86 bits per heavy atom. The van der Waals surface area contributed by atoms with Gasteiger partial charge in [0.25, 0.3) is 0 Å². The Morgan fingerprint density at radius 2 is 2.00 bits per heavy atom. The van der Waals surface area contributed by atoms with Gasteiger partial charge in [0.2, 0.25) is 0 Å². The van der Waals surface area contributed by atoms with Gasteiger partial charge in [-0.3, -0.25) is 9.19 Å². The Balaban J connectivity index is 1.91. The van der Waals surface area contributed by atoms with Gasteiger partial charge in [0.15, 0.2) is 0 Å². The van der Waals surface area contributed by atoms with Crippen molar-refractivity contribution in [2.75, 3.05) is 5.73 Å². The zero-order valence-corrected chi connectivity index (χ0v) is 12.6. The van der Waals surface area contributed by atoms with Crippen molar-refractivity contribution in [2.24, 2.45) is 0 Å². The lowest BCUT2D eigenvalue weighted by atomic mass is 10.1. The molecule has 0 fully saturated rings. The van der Waals surface area contributed by atoms with Crippen LogP contribution in [0.15, 0.2) is 59.6 Å². The molecule has 3 nitrogen and oxygen atoms in total. The van der Waals surface area contributed by atoms with Gasteiger partial charge < -0.3 is 5.73 Å². The second-order valence-electron chi connectivity index (χ2n) is 4.99. The number of nitrogens with two attached hydrogens (primary N) is 1. The lowest BCUT2D eigenvalue weighted by Gasteiger charge is -2.08. The molecule has 2 N–H and O–H groups in total. The van der Waals surface area contributed by atoms with Crippen LogP contribution in [0.4, 0.5) is 5.69 Å². The van der Waals surface area contributed by atoms with Crippen LogP contribution < -0.4 is 5.73 Å². The maximum Gasteiger partial charge on any atom is 0.0702 e. The Bertz CT molecular complexity index is 830. The number of hydrogen-bond acceptors (Lipinski definition) is 3. The zero-order chi connectivity index (χ0) is 14.8. The van der Waals surface area contributed by atoms with Crippen LogP contribution in [0.25, 0.3) is 10.9 Å². The van der Waals surface area contributed by atoms with Crippen molar-refractivity contribution in [3.8, 4) is 0 Å². The summed E-state index contributed by atoms with van der Waals surface area (Å²) in [7, 11) is -1.10. The van der Waals surface area contributed by atoms with Crippen molar-refractivity contribution < 1.29 is 4.21 Å². The molecule has 2 aromatic carbocycles. The molecule has 0 amide bonds. The van der Waals surface area contributed by atoms with Crippen LogP contribution in [0.5, 0.6) is 0 Å². The van der Waals surface area contributed by atoms with Gasteiger partial charge in [-0.15, -0.1) is 0 Å². The molecular formula is C17H16N2OS. The number of rotatable bonds is 3. The lowest BCUT2D eigenvalue weighted by Crippen LogP contribution is -2.01. The highest BCUT2D eigenvalue weighted by Gasteiger charge is 2.10. The molecule has 0 saturated heterocycles. The number of nitrogens with zero attached hydrogens (tertiary/aromatic N) is 1. The molecule has 0 bridgehead atoms. The molecule has 0 aliphatic heterocycles. The second-order valence-corrected chi connectivity index (χ2v) is 6.41. The Morgan fingerprint density at radius 1 is 1.14 bits per heavy atom. The molecule has 0 spiro atoms. The zero-order valence-electron chi connectivity index (χ0n) is 11.7. The monoisotopic (exact) mass is 296 g/mol. The molecule has 0 aliphatic rings. The van der Waals surface area contributed by atoms with E-state index in [2.05, 4.69) is 4.98 Å². The minimum Gasteiger partial charge on any atom is -0.398 e. The van der Waals surface area contributed by atoms with Gasteiger partial charge in [0.1, 0.15) is 0 Å². The first-order chi connectivity index (χ1) is 10.1. The highest BCUT2D eigenvalue weighted by Crippen LogP contribution is 2.22. The predicted molar refractivity (Wildman–Crippen MR) is 87.4 cm³/mol. The van der Waals surface area contributed by atoms with Crippen LogP contribution in [-0.2, 0) is 16.6 Å². The summed E-state index contributed by atoms with van der Waals surface area (Å²) < 4.78 is 12.6. The van der Waals surface area contributed by atoms with Crippen molar-refractivity contribution in [1.82, 2.24) is 4.98 Å².